The summed E-state index contributed by atoms with van der Waals surface area (Å²) in [5.41, 5.74) is 0.614. The molecule has 0 bridgehead atoms. The average molecular weight is 468 g/mol. The summed E-state index contributed by atoms with van der Waals surface area (Å²) in [5, 5.41) is 22.5. The first-order valence-electron chi connectivity index (χ1n) is 10.7. The Balaban J connectivity index is 2.51. The van der Waals surface area contributed by atoms with Crippen molar-refractivity contribution in [3.63, 3.8) is 0 Å². The zero-order valence-corrected chi connectivity index (χ0v) is 18.8. The first-order valence-corrected chi connectivity index (χ1v) is 10.7. The minimum atomic E-state index is -1.20. The van der Waals surface area contributed by atoms with Crippen LogP contribution in [0.1, 0.15) is 38.3 Å². The number of nitrogens with zero attached hydrogens (tertiary/aromatic N) is 1. The lowest BCUT2D eigenvalue weighted by Gasteiger charge is -2.21. The van der Waals surface area contributed by atoms with Crippen LogP contribution >= 0.6 is 0 Å². The normalized spacial score (nSPS) is 13.3. The van der Waals surface area contributed by atoms with Crippen molar-refractivity contribution in [2.24, 2.45) is 0 Å². The van der Waals surface area contributed by atoms with E-state index in [1.54, 1.807) is 7.05 Å². The molecule has 4 amide bonds. The van der Waals surface area contributed by atoms with Gasteiger partial charge in [0.05, 0.1) is 6.33 Å². The van der Waals surface area contributed by atoms with Crippen molar-refractivity contribution < 1.29 is 29.1 Å². The van der Waals surface area contributed by atoms with Gasteiger partial charge in [0, 0.05) is 31.8 Å². The average Bonchev–Trinajstić information content (AvgIpc) is 3.27. The molecule has 13 nitrogen and oxygen atoms in total. The lowest BCUT2D eigenvalue weighted by atomic mass is 10.1. The summed E-state index contributed by atoms with van der Waals surface area (Å²) >= 11 is 0. The molecule has 3 atom stereocenters. The molecule has 0 aliphatic heterocycles. The van der Waals surface area contributed by atoms with E-state index in [0.29, 0.717) is 44.5 Å². The van der Waals surface area contributed by atoms with Crippen LogP contribution in [-0.4, -0.2) is 83.4 Å². The van der Waals surface area contributed by atoms with E-state index >= 15 is 0 Å². The number of unbranched alkanes of at least 4 members (excludes halogenated alkanes) is 1. The Labute approximate surface area is 191 Å². The highest BCUT2D eigenvalue weighted by Crippen LogP contribution is 2.05. The molecule has 1 rings (SSSR count). The lowest BCUT2D eigenvalue weighted by molar-refractivity contribution is -0.142. The topological polar surface area (TPSA) is 194 Å². The molecule has 13 heteroatoms. The number of carbonyl (C=O) groups is 5. The van der Waals surface area contributed by atoms with Gasteiger partial charge in [-0.2, -0.15) is 0 Å². The lowest BCUT2D eigenvalue weighted by Crippen LogP contribution is -2.52. The first kappa shape index (κ1) is 27.6. The number of aliphatic carboxylic acids is 1. The number of carbonyl (C=O) groups excluding carboxylic acids is 4. The van der Waals surface area contributed by atoms with Crippen molar-refractivity contribution in [1.29, 1.82) is 0 Å². The largest absolute Gasteiger partial charge is 0.480 e. The molecule has 1 heterocycles. The smallest absolute Gasteiger partial charge is 0.326 e. The van der Waals surface area contributed by atoms with Crippen LogP contribution in [-0.2, 0) is 30.4 Å². The number of carboxylic acid groups (broad SMARTS) is 1. The van der Waals surface area contributed by atoms with E-state index in [-0.39, 0.29) is 18.7 Å². The van der Waals surface area contributed by atoms with E-state index in [4.69, 9.17) is 0 Å². The third-order valence-electron chi connectivity index (χ3n) is 4.77. The maximum atomic E-state index is 12.6. The van der Waals surface area contributed by atoms with Crippen LogP contribution in [0.2, 0.25) is 0 Å². The van der Waals surface area contributed by atoms with Crippen LogP contribution in [0, 0.1) is 0 Å². The van der Waals surface area contributed by atoms with E-state index in [1.807, 2.05) is 0 Å². The molecular weight excluding hydrogens is 434 g/mol. The Morgan fingerprint density at radius 3 is 2.39 bits per heavy atom. The Morgan fingerprint density at radius 1 is 1.06 bits per heavy atom. The molecule has 0 saturated carbocycles. The number of amides is 4. The summed E-state index contributed by atoms with van der Waals surface area (Å²) in [6.07, 6.45) is 5.03. The van der Waals surface area contributed by atoms with Crippen LogP contribution in [0.4, 0.5) is 0 Å². The van der Waals surface area contributed by atoms with Gasteiger partial charge in [0.15, 0.2) is 0 Å². The number of hydrogen-bond acceptors (Lipinski definition) is 7. The zero-order valence-electron chi connectivity index (χ0n) is 18.8. The van der Waals surface area contributed by atoms with Crippen LogP contribution in [0.15, 0.2) is 12.5 Å². The Hall–Kier alpha value is -3.48. The first-order chi connectivity index (χ1) is 15.8. The number of imidazole rings is 1. The van der Waals surface area contributed by atoms with Gasteiger partial charge in [-0.05, 0) is 39.3 Å². The fraction of sp³-hybridized carbons (Fsp3) is 0.600. The summed E-state index contributed by atoms with van der Waals surface area (Å²) < 4.78 is 0. The second-order valence-electron chi connectivity index (χ2n) is 7.45. The van der Waals surface area contributed by atoms with Gasteiger partial charge >= 0.3 is 5.97 Å². The predicted octanol–water partition coefficient (Wildman–Crippen LogP) is -1.96. The van der Waals surface area contributed by atoms with Crippen LogP contribution in [0.25, 0.3) is 0 Å². The number of H-pyrrole nitrogens is 1. The fourth-order valence-corrected chi connectivity index (χ4v) is 3.07. The number of rotatable bonds is 17. The van der Waals surface area contributed by atoms with Crippen LogP contribution in [0.3, 0.4) is 0 Å². The Bertz CT molecular complexity index is 771. The van der Waals surface area contributed by atoms with Gasteiger partial charge in [0.25, 0.3) is 0 Å². The van der Waals surface area contributed by atoms with Crippen molar-refractivity contribution in [1.82, 2.24) is 36.6 Å². The highest BCUT2D eigenvalue weighted by Gasteiger charge is 2.26. The van der Waals surface area contributed by atoms with E-state index in [9.17, 15) is 29.1 Å². The number of aromatic nitrogens is 2. The number of carboxylic acids is 1. The number of hydrogen-bond donors (Lipinski definition) is 7. The summed E-state index contributed by atoms with van der Waals surface area (Å²) in [6, 6.07) is -2.75. The van der Waals surface area contributed by atoms with Gasteiger partial charge in [0.2, 0.25) is 24.1 Å². The second kappa shape index (κ2) is 15.3. The van der Waals surface area contributed by atoms with Gasteiger partial charge in [0.1, 0.15) is 18.1 Å². The molecule has 33 heavy (non-hydrogen) atoms. The molecule has 184 valence electrons. The fourth-order valence-electron chi connectivity index (χ4n) is 3.07. The molecular formula is C20H33N7O6. The van der Waals surface area contributed by atoms with Crippen LogP contribution < -0.4 is 26.6 Å². The van der Waals surface area contributed by atoms with Gasteiger partial charge in [-0.3, -0.25) is 19.2 Å². The Kier molecular flexibility index (Phi) is 12.8. The van der Waals surface area contributed by atoms with Crippen molar-refractivity contribution in [2.75, 3.05) is 20.1 Å². The number of nitrogens with one attached hydrogen (secondary N) is 6. The van der Waals surface area contributed by atoms with Crippen molar-refractivity contribution in [2.45, 2.75) is 57.2 Å². The SMILES string of the molecule is CNCCC(NC=O)C(=O)NCCCCC(NC(=O)C(Cc1cnc[nH]1)NC(C)=O)C(=O)O. The van der Waals surface area contributed by atoms with Gasteiger partial charge < -0.3 is 36.7 Å². The predicted molar refractivity (Wildman–Crippen MR) is 118 cm³/mol. The van der Waals surface area contributed by atoms with E-state index in [0.717, 1.165) is 0 Å². The molecule has 3 unspecified atom stereocenters. The molecule has 0 aliphatic rings. The molecule has 0 aliphatic carbocycles. The summed E-state index contributed by atoms with van der Waals surface area (Å²) in [4.78, 5) is 65.1. The molecule has 0 spiro atoms. The third-order valence-corrected chi connectivity index (χ3v) is 4.77. The Morgan fingerprint density at radius 2 is 1.82 bits per heavy atom. The van der Waals surface area contributed by atoms with Gasteiger partial charge in [-0.1, -0.05) is 0 Å². The third kappa shape index (κ3) is 11.1. The van der Waals surface area contributed by atoms with Gasteiger partial charge in [-0.15, -0.1) is 0 Å². The summed E-state index contributed by atoms with van der Waals surface area (Å²) in [6.45, 7) is 2.12. The van der Waals surface area contributed by atoms with Crippen LogP contribution in [0.5, 0.6) is 0 Å². The summed E-state index contributed by atoms with van der Waals surface area (Å²) in [5.74, 6) is -2.56. The highest BCUT2D eigenvalue weighted by molar-refractivity contribution is 5.90. The minimum Gasteiger partial charge on any atom is -0.480 e. The molecule has 0 aromatic carbocycles. The van der Waals surface area contributed by atoms with Crippen molar-refractivity contribution >= 4 is 30.1 Å². The number of aromatic amines is 1. The van der Waals surface area contributed by atoms with E-state index < -0.39 is 35.9 Å². The quantitative estimate of drug-likeness (QED) is 0.101. The highest BCUT2D eigenvalue weighted by atomic mass is 16.4. The molecule has 0 fully saturated rings. The summed E-state index contributed by atoms with van der Waals surface area (Å²) in [7, 11) is 1.74. The molecule has 0 radical (unpaired) electrons. The van der Waals surface area contributed by atoms with Crippen molar-refractivity contribution in [3.8, 4) is 0 Å². The van der Waals surface area contributed by atoms with Crippen molar-refractivity contribution in [3.05, 3.63) is 18.2 Å². The zero-order chi connectivity index (χ0) is 24.6. The van der Waals surface area contributed by atoms with E-state index in [2.05, 4.69) is 36.6 Å². The molecule has 1 aromatic heterocycles. The second-order valence-corrected chi connectivity index (χ2v) is 7.45. The minimum absolute atomic E-state index is 0.132. The molecule has 1 aromatic rings. The standard InChI is InChI=1S/C20H33N7O6/c1-13(29)26-17(9-14-10-22-11-24-14)19(31)27-16(20(32)33)5-3-4-7-23-18(30)15(25-12-28)6-8-21-2/h10-12,15-17,21H,3-9H2,1-2H3,(H,22,24)(H,23,30)(H,25,28)(H,26,29)(H,27,31)(H,32,33). The maximum absolute atomic E-state index is 12.6. The monoisotopic (exact) mass is 467 g/mol. The molecule has 7 N–H and O–H groups in total. The maximum Gasteiger partial charge on any atom is 0.326 e. The van der Waals surface area contributed by atoms with E-state index in [1.165, 1.54) is 19.4 Å². The van der Waals surface area contributed by atoms with Gasteiger partial charge in [-0.25, -0.2) is 9.78 Å². The molecule has 0 saturated heterocycles.